The van der Waals surface area contributed by atoms with Crippen molar-refractivity contribution in [1.29, 1.82) is 5.26 Å². The van der Waals surface area contributed by atoms with Crippen LogP contribution >= 0.6 is 34.4 Å². The summed E-state index contributed by atoms with van der Waals surface area (Å²) in [6.45, 7) is 3.93. The highest BCUT2D eigenvalue weighted by atomic mass is 32.2. The molecule has 7 heteroatoms. The van der Waals surface area contributed by atoms with E-state index in [0.717, 1.165) is 38.3 Å². The summed E-state index contributed by atoms with van der Waals surface area (Å²) in [7, 11) is 0. The lowest BCUT2D eigenvalue weighted by molar-refractivity contribution is -0.139. The maximum absolute atomic E-state index is 12.8. The minimum Gasteiger partial charge on any atom is -0.192 e. The van der Waals surface area contributed by atoms with Crippen molar-refractivity contribution < 1.29 is 13.2 Å². The van der Waals surface area contributed by atoms with Gasteiger partial charge in [-0.05, 0) is 23.4 Å². The Morgan fingerprint density at radius 1 is 1.35 bits per heavy atom. The minimum atomic E-state index is -4.33. The van der Waals surface area contributed by atoms with E-state index < -0.39 is 11.7 Å². The predicted molar refractivity (Wildman–Crippen MR) is 76.6 cm³/mol. The van der Waals surface area contributed by atoms with E-state index in [4.69, 9.17) is 5.26 Å². The number of hydrogen-bond donors (Lipinski definition) is 0. The lowest BCUT2D eigenvalue weighted by Gasteiger charge is -2.06. The fraction of sp³-hybridized carbons (Fsp3) is 0.308. The Bertz CT molecular complexity index is 647. The topological polar surface area (TPSA) is 23.8 Å². The molecule has 20 heavy (non-hydrogen) atoms. The summed E-state index contributed by atoms with van der Waals surface area (Å²) >= 11 is 3.54. The lowest BCUT2D eigenvalue weighted by Crippen LogP contribution is -2.03. The summed E-state index contributed by atoms with van der Waals surface area (Å²) in [5.41, 5.74) is -0.0527. The number of alkyl halides is 3. The van der Waals surface area contributed by atoms with Gasteiger partial charge >= 0.3 is 6.18 Å². The largest absolute Gasteiger partial charge is 0.418 e. The highest BCUT2D eigenvalue weighted by Crippen LogP contribution is 2.45. The molecule has 0 unspecified atom stereocenters. The van der Waals surface area contributed by atoms with Crippen molar-refractivity contribution >= 4 is 34.4 Å². The number of thiophene rings is 2. The quantitative estimate of drug-likeness (QED) is 0.690. The molecular formula is C13H10F3NS3. The van der Waals surface area contributed by atoms with E-state index in [2.05, 4.69) is 6.07 Å². The normalized spacial score (nSPS) is 11.8. The maximum atomic E-state index is 12.8. The molecule has 0 radical (unpaired) electrons. The van der Waals surface area contributed by atoms with E-state index in [1.165, 1.54) is 16.7 Å². The summed E-state index contributed by atoms with van der Waals surface area (Å²) in [4.78, 5) is 0.917. The zero-order valence-corrected chi connectivity index (χ0v) is 13.1. The summed E-state index contributed by atoms with van der Waals surface area (Å²) in [6, 6.07) is 4.86. The molecule has 2 aromatic rings. The second-order valence-corrected chi connectivity index (χ2v) is 7.90. The molecule has 0 spiro atoms. The van der Waals surface area contributed by atoms with Gasteiger partial charge in [-0.3, -0.25) is 0 Å². The Balaban J connectivity index is 2.32. The van der Waals surface area contributed by atoms with E-state index in [9.17, 15) is 13.2 Å². The van der Waals surface area contributed by atoms with Crippen LogP contribution in [0.25, 0.3) is 0 Å². The van der Waals surface area contributed by atoms with Crippen LogP contribution in [0.1, 0.15) is 35.8 Å². The van der Waals surface area contributed by atoms with Crippen molar-refractivity contribution in [1.82, 2.24) is 0 Å². The number of rotatable bonds is 3. The van der Waals surface area contributed by atoms with Crippen molar-refractivity contribution in [2.24, 2.45) is 0 Å². The van der Waals surface area contributed by atoms with Gasteiger partial charge in [-0.25, -0.2) is 0 Å². The minimum absolute atomic E-state index is 0.189. The Morgan fingerprint density at radius 3 is 2.55 bits per heavy atom. The van der Waals surface area contributed by atoms with E-state index in [1.54, 1.807) is 6.07 Å². The van der Waals surface area contributed by atoms with Gasteiger partial charge < -0.3 is 0 Å². The molecule has 2 heterocycles. The van der Waals surface area contributed by atoms with E-state index >= 15 is 0 Å². The van der Waals surface area contributed by atoms with Crippen LogP contribution in [0.4, 0.5) is 13.2 Å². The average molecular weight is 333 g/mol. The van der Waals surface area contributed by atoms with Gasteiger partial charge in [0.25, 0.3) is 0 Å². The van der Waals surface area contributed by atoms with Crippen LogP contribution in [-0.2, 0) is 6.18 Å². The first kappa shape index (κ1) is 15.4. The molecule has 2 rings (SSSR count). The lowest BCUT2D eigenvalue weighted by atomic mass is 10.1. The molecular weight excluding hydrogens is 323 g/mol. The van der Waals surface area contributed by atoms with E-state index in [-0.39, 0.29) is 10.1 Å². The molecule has 0 saturated carbocycles. The molecule has 0 amide bonds. The molecule has 0 aliphatic carbocycles. The number of hydrogen-bond acceptors (Lipinski definition) is 4. The van der Waals surface area contributed by atoms with Crippen LogP contribution in [0.5, 0.6) is 0 Å². The van der Waals surface area contributed by atoms with Gasteiger partial charge in [-0.15, -0.1) is 22.7 Å². The van der Waals surface area contributed by atoms with Gasteiger partial charge in [0, 0.05) is 4.88 Å². The molecule has 1 nitrogen and oxygen atoms in total. The van der Waals surface area contributed by atoms with Gasteiger partial charge in [-0.2, -0.15) is 18.4 Å². The van der Waals surface area contributed by atoms with Crippen LogP contribution in [0.2, 0.25) is 0 Å². The Morgan fingerprint density at radius 2 is 2.05 bits per heavy atom. The summed E-state index contributed by atoms with van der Waals surface area (Å²) in [5, 5.41) is 10.5. The first-order chi connectivity index (χ1) is 9.32. The van der Waals surface area contributed by atoms with Crippen molar-refractivity contribution in [2.45, 2.75) is 34.4 Å². The van der Waals surface area contributed by atoms with Gasteiger partial charge in [0.1, 0.15) is 6.07 Å². The van der Waals surface area contributed by atoms with Crippen molar-refractivity contribution in [3.8, 4) is 6.07 Å². The van der Waals surface area contributed by atoms with Gasteiger partial charge in [0.2, 0.25) is 0 Å². The third-order valence-electron chi connectivity index (χ3n) is 2.51. The smallest absolute Gasteiger partial charge is 0.192 e. The third kappa shape index (κ3) is 3.19. The number of halogens is 3. The molecule has 0 N–H and O–H groups in total. The van der Waals surface area contributed by atoms with Crippen molar-refractivity contribution in [2.75, 3.05) is 0 Å². The third-order valence-corrected chi connectivity index (χ3v) is 6.21. The first-order valence-corrected chi connectivity index (χ1v) is 8.20. The Labute approximate surface area is 127 Å². The molecule has 0 bridgehead atoms. The van der Waals surface area contributed by atoms with Gasteiger partial charge in [-0.1, -0.05) is 25.6 Å². The second-order valence-electron chi connectivity index (χ2n) is 4.33. The van der Waals surface area contributed by atoms with Crippen molar-refractivity contribution in [3.05, 3.63) is 33.5 Å². The molecule has 2 aromatic heterocycles. The van der Waals surface area contributed by atoms with Gasteiger partial charge in [0.15, 0.2) is 0 Å². The van der Waals surface area contributed by atoms with E-state index in [0.29, 0.717) is 5.56 Å². The zero-order chi connectivity index (χ0) is 14.9. The standard InChI is InChI=1S/C13H10F3NS3/c1-7(2)11-8(6-17)5-10(19-11)20-12-9(3-4-18-12)13(14,15)16/h3-5,7H,1-2H3. The molecule has 0 atom stereocenters. The number of nitrogens with zero attached hydrogens (tertiary/aromatic N) is 1. The average Bonchev–Trinajstić information content (AvgIpc) is 2.94. The monoisotopic (exact) mass is 333 g/mol. The summed E-state index contributed by atoms with van der Waals surface area (Å²) in [5.74, 6) is 0.189. The Kier molecular flexibility index (Phi) is 4.47. The van der Waals surface area contributed by atoms with Crippen LogP contribution < -0.4 is 0 Å². The molecule has 0 aromatic carbocycles. The second kappa shape index (κ2) is 5.80. The first-order valence-electron chi connectivity index (χ1n) is 5.69. The summed E-state index contributed by atoms with van der Waals surface area (Å²) < 4.78 is 39.4. The van der Waals surface area contributed by atoms with Crippen molar-refractivity contribution in [3.63, 3.8) is 0 Å². The predicted octanol–water partition coefficient (Wildman–Crippen LogP) is 5.97. The van der Waals surface area contributed by atoms with Crippen LogP contribution in [0, 0.1) is 11.3 Å². The maximum Gasteiger partial charge on any atom is 0.418 e. The molecule has 0 fully saturated rings. The van der Waals surface area contributed by atoms with Crippen LogP contribution in [-0.4, -0.2) is 0 Å². The highest BCUT2D eigenvalue weighted by molar-refractivity contribution is 8.02. The van der Waals surface area contributed by atoms with Crippen LogP contribution in [0.3, 0.4) is 0 Å². The molecule has 106 valence electrons. The van der Waals surface area contributed by atoms with E-state index in [1.807, 2.05) is 13.8 Å². The molecule has 0 saturated heterocycles. The summed E-state index contributed by atoms with van der Waals surface area (Å²) in [6.07, 6.45) is -4.33. The molecule has 0 aliphatic heterocycles. The highest BCUT2D eigenvalue weighted by Gasteiger charge is 2.34. The van der Waals surface area contributed by atoms with Gasteiger partial charge in [0.05, 0.1) is 19.5 Å². The Hall–Kier alpha value is -0.970. The zero-order valence-electron chi connectivity index (χ0n) is 10.6. The number of nitriles is 1. The molecule has 0 aliphatic rings. The van der Waals surface area contributed by atoms with Crippen LogP contribution in [0.15, 0.2) is 25.9 Å². The fourth-order valence-corrected chi connectivity index (χ4v) is 5.23. The fourth-order valence-electron chi connectivity index (χ4n) is 1.62. The SMILES string of the molecule is CC(C)c1sc(Sc2sccc2C(F)(F)F)cc1C#N.